The summed E-state index contributed by atoms with van der Waals surface area (Å²) >= 11 is 0. The van der Waals surface area contributed by atoms with Crippen LogP contribution in [0.15, 0.2) is 0 Å². The maximum Gasteiger partial charge on any atom is 0.111 e. The van der Waals surface area contributed by atoms with Crippen LogP contribution in [0.25, 0.3) is 0 Å². The summed E-state index contributed by atoms with van der Waals surface area (Å²) in [4.78, 5) is 0. The highest BCUT2D eigenvalue weighted by Gasteiger charge is 1.99. The topological polar surface area (TPSA) is 50.8 Å². The lowest BCUT2D eigenvalue weighted by Crippen LogP contribution is -1.89. The van der Waals surface area contributed by atoms with E-state index in [-0.39, 0.29) is 0 Å². The Kier molecular flexibility index (Phi) is 1.79. The van der Waals surface area contributed by atoms with Crippen molar-refractivity contribution >= 4 is 0 Å². The lowest BCUT2D eigenvalue weighted by Gasteiger charge is -1.90. The van der Waals surface area contributed by atoms with Gasteiger partial charge in [0.05, 0.1) is 12.3 Å². The molecule has 0 aliphatic carbocycles. The summed E-state index contributed by atoms with van der Waals surface area (Å²) in [5.41, 5.74) is 1.77. The Morgan fingerprint density at radius 3 is 2.78 bits per heavy atom. The van der Waals surface area contributed by atoms with Gasteiger partial charge in [-0.1, -0.05) is 0 Å². The van der Waals surface area contributed by atoms with Crippen LogP contribution in [0.2, 0.25) is 0 Å². The van der Waals surface area contributed by atoms with Crippen molar-refractivity contribution in [3.8, 4) is 0 Å². The summed E-state index contributed by atoms with van der Waals surface area (Å²) in [7, 11) is 1.63. The zero-order chi connectivity index (χ0) is 6.69. The molecule has 9 heavy (non-hydrogen) atoms. The Labute approximate surface area is 53.2 Å². The molecule has 0 atom stereocenters. The maximum atomic E-state index is 4.84. The normalized spacial score (nSPS) is 10.0. The molecule has 0 amide bonds. The Morgan fingerprint density at radius 1 is 1.56 bits per heavy atom. The van der Waals surface area contributed by atoms with Crippen molar-refractivity contribution in [3.63, 3.8) is 0 Å². The number of H-pyrrole nitrogens is 1. The van der Waals surface area contributed by atoms with Crippen molar-refractivity contribution in [2.24, 2.45) is 0 Å². The van der Waals surface area contributed by atoms with Gasteiger partial charge in [-0.05, 0) is 6.92 Å². The number of nitrogens with zero attached hydrogens (tertiary/aromatic N) is 2. The van der Waals surface area contributed by atoms with E-state index in [1.807, 2.05) is 6.92 Å². The highest BCUT2D eigenvalue weighted by molar-refractivity contribution is 5.03. The summed E-state index contributed by atoms with van der Waals surface area (Å²) in [6.07, 6.45) is 0. The molecule has 50 valence electrons. The third-order valence-electron chi connectivity index (χ3n) is 1.10. The Hall–Kier alpha value is -0.900. The molecule has 0 aliphatic rings. The minimum atomic E-state index is 0.530. The van der Waals surface area contributed by atoms with E-state index in [1.54, 1.807) is 7.11 Å². The quantitative estimate of drug-likeness (QED) is 0.620. The van der Waals surface area contributed by atoms with E-state index in [4.69, 9.17) is 4.74 Å². The molecule has 1 N–H and O–H groups in total. The van der Waals surface area contributed by atoms with E-state index in [2.05, 4.69) is 15.4 Å². The third kappa shape index (κ3) is 1.26. The van der Waals surface area contributed by atoms with Gasteiger partial charge in [0.2, 0.25) is 0 Å². The Balaban J connectivity index is 2.69. The van der Waals surface area contributed by atoms with E-state index in [0.29, 0.717) is 6.61 Å². The largest absolute Gasteiger partial charge is 0.378 e. The van der Waals surface area contributed by atoms with Crippen LogP contribution in [0, 0.1) is 6.92 Å². The van der Waals surface area contributed by atoms with Crippen LogP contribution in [0.3, 0.4) is 0 Å². The minimum absolute atomic E-state index is 0.530. The lowest BCUT2D eigenvalue weighted by atomic mass is 10.4. The lowest BCUT2D eigenvalue weighted by molar-refractivity contribution is 0.181. The predicted octanol–water partition coefficient (Wildman–Crippen LogP) is 0.260. The van der Waals surface area contributed by atoms with Crippen LogP contribution in [0.5, 0.6) is 0 Å². The summed E-state index contributed by atoms with van der Waals surface area (Å²) < 4.78 is 4.84. The van der Waals surface area contributed by atoms with Gasteiger partial charge in [-0.2, -0.15) is 15.4 Å². The number of aryl methyl sites for hydroxylation is 1. The predicted molar refractivity (Wildman–Crippen MR) is 31.8 cm³/mol. The standard InChI is InChI=1S/C5H9N3O/c1-4-5(3-9-2)7-8-6-4/h3H2,1-2H3,(H,6,7,8). The van der Waals surface area contributed by atoms with Crippen molar-refractivity contribution in [2.45, 2.75) is 13.5 Å². The number of methoxy groups -OCH3 is 1. The van der Waals surface area contributed by atoms with Crippen LogP contribution < -0.4 is 0 Å². The monoisotopic (exact) mass is 127 g/mol. The van der Waals surface area contributed by atoms with Crippen molar-refractivity contribution in [1.82, 2.24) is 15.4 Å². The van der Waals surface area contributed by atoms with E-state index < -0.39 is 0 Å². The number of hydrogen-bond donors (Lipinski definition) is 1. The molecular weight excluding hydrogens is 118 g/mol. The molecule has 1 rings (SSSR count). The van der Waals surface area contributed by atoms with Gasteiger partial charge in [-0.3, -0.25) is 0 Å². The Bertz CT molecular complexity index is 184. The number of rotatable bonds is 2. The molecule has 4 heteroatoms. The van der Waals surface area contributed by atoms with Gasteiger partial charge in [0.15, 0.2) is 0 Å². The number of aromatic nitrogens is 3. The molecule has 0 unspecified atom stereocenters. The molecule has 0 radical (unpaired) electrons. The van der Waals surface area contributed by atoms with Crippen LogP contribution in [-0.4, -0.2) is 22.5 Å². The van der Waals surface area contributed by atoms with Crippen LogP contribution >= 0.6 is 0 Å². The third-order valence-corrected chi connectivity index (χ3v) is 1.10. The fraction of sp³-hybridized carbons (Fsp3) is 0.600. The molecule has 4 nitrogen and oxygen atoms in total. The average Bonchev–Trinajstić information content (AvgIpc) is 2.18. The highest BCUT2D eigenvalue weighted by atomic mass is 16.5. The number of nitrogens with one attached hydrogen (secondary N) is 1. The van der Waals surface area contributed by atoms with Crippen molar-refractivity contribution in [1.29, 1.82) is 0 Å². The molecule has 1 aromatic rings. The van der Waals surface area contributed by atoms with Gasteiger partial charge < -0.3 is 4.74 Å². The molecule has 0 saturated carbocycles. The molecule has 0 aromatic carbocycles. The van der Waals surface area contributed by atoms with Gasteiger partial charge in [0.25, 0.3) is 0 Å². The molecule has 0 spiro atoms. The van der Waals surface area contributed by atoms with Crippen LogP contribution in [0.4, 0.5) is 0 Å². The summed E-state index contributed by atoms with van der Waals surface area (Å²) in [5, 5.41) is 10.2. The zero-order valence-corrected chi connectivity index (χ0v) is 5.51. The van der Waals surface area contributed by atoms with Crippen molar-refractivity contribution < 1.29 is 4.74 Å². The van der Waals surface area contributed by atoms with E-state index in [0.717, 1.165) is 11.4 Å². The molecule has 0 aliphatic heterocycles. The molecule has 1 heterocycles. The van der Waals surface area contributed by atoms with E-state index in [9.17, 15) is 0 Å². The second kappa shape index (κ2) is 2.59. The van der Waals surface area contributed by atoms with E-state index >= 15 is 0 Å². The fourth-order valence-corrected chi connectivity index (χ4v) is 0.579. The molecule has 1 aromatic heterocycles. The SMILES string of the molecule is COCc1n[nH]nc1C. The second-order valence-electron chi connectivity index (χ2n) is 1.79. The van der Waals surface area contributed by atoms with Gasteiger partial charge >= 0.3 is 0 Å². The minimum Gasteiger partial charge on any atom is -0.378 e. The number of hydrogen-bond acceptors (Lipinski definition) is 3. The first-order valence-corrected chi connectivity index (χ1v) is 2.69. The number of ether oxygens (including phenoxy) is 1. The molecular formula is C5H9N3O. The summed E-state index contributed by atoms with van der Waals surface area (Å²) in [5.74, 6) is 0. The van der Waals surface area contributed by atoms with Crippen LogP contribution in [-0.2, 0) is 11.3 Å². The maximum absolute atomic E-state index is 4.84. The smallest absolute Gasteiger partial charge is 0.111 e. The first kappa shape index (κ1) is 6.22. The number of aromatic amines is 1. The van der Waals surface area contributed by atoms with Gasteiger partial charge in [-0.25, -0.2) is 0 Å². The van der Waals surface area contributed by atoms with Gasteiger partial charge in [0, 0.05) is 7.11 Å². The Morgan fingerprint density at radius 2 is 2.33 bits per heavy atom. The second-order valence-corrected chi connectivity index (χ2v) is 1.79. The molecule has 0 fully saturated rings. The molecule has 0 bridgehead atoms. The summed E-state index contributed by atoms with van der Waals surface area (Å²) in [6, 6.07) is 0. The highest BCUT2D eigenvalue weighted by Crippen LogP contribution is 1.98. The van der Waals surface area contributed by atoms with Crippen molar-refractivity contribution in [3.05, 3.63) is 11.4 Å². The fourth-order valence-electron chi connectivity index (χ4n) is 0.579. The summed E-state index contributed by atoms with van der Waals surface area (Å²) in [6.45, 7) is 2.42. The van der Waals surface area contributed by atoms with E-state index in [1.165, 1.54) is 0 Å². The molecule has 0 saturated heterocycles. The zero-order valence-electron chi connectivity index (χ0n) is 5.51. The first-order chi connectivity index (χ1) is 4.34. The van der Waals surface area contributed by atoms with Gasteiger partial charge in [-0.15, -0.1) is 0 Å². The first-order valence-electron chi connectivity index (χ1n) is 2.69. The van der Waals surface area contributed by atoms with Crippen molar-refractivity contribution in [2.75, 3.05) is 7.11 Å². The van der Waals surface area contributed by atoms with Gasteiger partial charge in [0.1, 0.15) is 5.69 Å². The van der Waals surface area contributed by atoms with Crippen LogP contribution in [0.1, 0.15) is 11.4 Å². The average molecular weight is 127 g/mol.